The minimum atomic E-state index is 0.350. The van der Waals surface area contributed by atoms with E-state index in [2.05, 4.69) is 15.0 Å². The molecule has 0 bridgehead atoms. The predicted molar refractivity (Wildman–Crippen MR) is 48.9 cm³/mol. The highest BCUT2D eigenvalue weighted by molar-refractivity contribution is 6.29. The Kier molecular flexibility index (Phi) is 2.99. The van der Waals surface area contributed by atoms with Crippen molar-refractivity contribution in [3.63, 3.8) is 0 Å². The van der Waals surface area contributed by atoms with Crippen molar-refractivity contribution in [3.8, 4) is 0 Å². The molecule has 0 aromatic carbocycles. The zero-order valence-corrected chi connectivity index (χ0v) is 7.65. The minimum absolute atomic E-state index is 0.350. The van der Waals surface area contributed by atoms with Gasteiger partial charge in [0.2, 0.25) is 0 Å². The SMILES string of the molecule is CN(C)C=Nc1cncc(Cl)n1. The van der Waals surface area contributed by atoms with Gasteiger partial charge in [0.25, 0.3) is 0 Å². The van der Waals surface area contributed by atoms with Gasteiger partial charge >= 0.3 is 0 Å². The number of aromatic nitrogens is 2. The normalized spacial score (nSPS) is 10.6. The molecule has 0 aliphatic carbocycles. The van der Waals surface area contributed by atoms with Crippen molar-refractivity contribution in [1.82, 2.24) is 14.9 Å². The van der Waals surface area contributed by atoms with E-state index in [1.54, 1.807) is 12.5 Å². The van der Waals surface area contributed by atoms with Gasteiger partial charge in [-0.1, -0.05) is 11.6 Å². The van der Waals surface area contributed by atoms with Gasteiger partial charge < -0.3 is 4.90 Å². The summed E-state index contributed by atoms with van der Waals surface area (Å²) in [6.07, 6.45) is 4.66. The standard InChI is InChI=1S/C7H9ClN4/c1-12(2)5-10-7-4-9-3-6(8)11-7/h3-5H,1-2H3. The van der Waals surface area contributed by atoms with Crippen molar-refractivity contribution < 1.29 is 0 Å². The lowest BCUT2D eigenvalue weighted by Gasteiger charge is -2.01. The van der Waals surface area contributed by atoms with Crippen LogP contribution in [0.15, 0.2) is 17.4 Å². The Morgan fingerprint density at radius 2 is 2.25 bits per heavy atom. The van der Waals surface area contributed by atoms with Crippen molar-refractivity contribution in [1.29, 1.82) is 0 Å². The van der Waals surface area contributed by atoms with Gasteiger partial charge in [-0.25, -0.2) is 9.98 Å². The van der Waals surface area contributed by atoms with Crippen LogP contribution in [0.2, 0.25) is 5.15 Å². The van der Waals surface area contributed by atoms with Crippen molar-refractivity contribution >= 4 is 23.8 Å². The molecule has 0 aliphatic heterocycles. The van der Waals surface area contributed by atoms with E-state index in [4.69, 9.17) is 11.6 Å². The van der Waals surface area contributed by atoms with Gasteiger partial charge in [-0.05, 0) is 0 Å². The third kappa shape index (κ3) is 2.84. The maximum absolute atomic E-state index is 5.60. The van der Waals surface area contributed by atoms with E-state index < -0.39 is 0 Å². The summed E-state index contributed by atoms with van der Waals surface area (Å²) in [5.41, 5.74) is 0. The molecule has 1 rings (SSSR count). The number of hydrogen-bond acceptors (Lipinski definition) is 3. The molecule has 0 unspecified atom stereocenters. The third-order valence-corrected chi connectivity index (χ3v) is 1.20. The smallest absolute Gasteiger partial charge is 0.173 e. The zero-order chi connectivity index (χ0) is 8.97. The van der Waals surface area contributed by atoms with Crippen LogP contribution in [-0.2, 0) is 0 Å². The lowest BCUT2D eigenvalue weighted by atomic mass is 10.7. The fourth-order valence-electron chi connectivity index (χ4n) is 0.569. The molecule has 0 aliphatic rings. The Balaban J connectivity index is 2.76. The summed E-state index contributed by atoms with van der Waals surface area (Å²) in [6, 6.07) is 0. The van der Waals surface area contributed by atoms with Crippen LogP contribution in [0.3, 0.4) is 0 Å². The first-order valence-corrected chi connectivity index (χ1v) is 3.74. The Labute approximate surface area is 75.9 Å². The summed E-state index contributed by atoms with van der Waals surface area (Å²) >= 11 is 5.60. The van der Waals surface area contributed by atoms with Gasteiger partial charge in [0.15, 0.2) is 5.82 Å². The molecular weight excluding hydrogens is 176 g/mol. The molecule has 12 heavy (non-hydrogen) atoms. The predicted octanol–water partition coefficient (Wildman–Crippen LogP) is 1.35. The van der Waals surface area contributed by atoms with Crippen LogP contribution in [0, 0.1) is 0 Å². The molecule has 0 saturated carbocycles. The fraction of sp³-hybridized carbons (Fsp3) is 0.286. The van der Waals surface area contributed by atoms with Crippen LogP contribution in [-0.4, -0.2) is 35.3 Å². The van der Waals surface area contributed by atoms with E-state index in [0.29, 0.717) is 11.0 Å². The van der Waals surface area contributed by atoms with E-state index in [9.17, 15) is 0 Å². The van der Waals surface area contributed by atoms with E-state index in [1.165, 1.54) is 6.20 Å². The van der Waals surface area contributed by atoms with Crippen LogP contribution >= 0.6 is 11.6 Å². The van der Waals surface area contributed by atoms with Gasteiger partial charge in [-0.15, -0.1) is 0 Å². The molecule has 0 N–H and O–H groups in total. The van der Waals surface area contributed by atoms with Crippen LogP contribution < -0.4 is 0 Å². The van der Waals surface area contributed by atoms with Crippen LogP contribution in [0.1, 0.15) is 0 Å². The Morgan fingerprint density at radius 3 is 2.83 bits per heavy atom. The summed E-state index contributed by atoms with van der Waals surface area (Å²) in [4.78, 5) is 13.6. The van der Waals surface area contributed by atoms with Gasteiger partial charge in [0.05, 0.1) is 18.7 Å². The Bertz CT molecular complexity index is 284. The lowest BCUT2D eigenvalue weighted by molar-refractivity contribution is 0.643. The molecule has 0 atom stereocenters. The van der Waals surface area contributed by atoms with Crippen molar-refractivity contribution in [2.75, 3.05) is 14.1 Å². The molecule has 0 radical (unpaired) electrons. The summed E-state index contributed by atoms with van der Waals surface area (Å²) in [7, 11) is 3.75. The quantitative estimate of drug-likeness (QED) is 0.515. The number of halogens is 1. The summed E-state index contributed by atoms with van der Waals surface area (Å²) in [6.45, 7) is 0. The maximum Gasteiger partial charge on any atom is 0.173 e. The molecule has 0 fully saturated rings. The largest absolute Gasteiger partial charge is 0.369 e. The first-order chi connectivity index (χ1) is 5.68. The third-order valence-electron chi connectivity index (χ3n) is 1.01. The van der Waals surface area contributed by atoms with E-state index >= 15 is 0 Å². The van der Waals surface area contributed by atoms with Crippen LogP contribution in [0.5, 0.6) is 0 Å². The first-order valence-electron chi connectivity index (χ1n) is 3.36. The lowest BCUT2D eigenvalue weighted by Crippen LogP contribution is -2.07. The minimum Gasteiger partial charge on any atom is -0.369 e. The monoisotopic (exact) mass is 184 g/mol. The van der Waals surface area contributed by atoms with Gasteiger partial charge in [0.1, 0.15) is 5.15 Å². The summed E-state index contributed by atoms with van der Waals surface area (Å²) < 4.78 is 0. The highest BCUT2D eigenvalue weighted by Crippen LogP contribution is 2.08. The molecule has 0 saturated heterocycles. The zero-order valence-electron chi connectivity index (χ0n) is 6.90. The fourth-order valence-corrected chi connectivity index (χ4v) is 0.712. The molecule has 1 aromatic heterocycles. The Morgan fingerprint density at radius 1 is 1.50 bits per heavy atom. The van der Waals surface area contributed by atoms with Crippen LogP contribution in [0.25, 0.3) is 0 Å². The number of nitrogens with zero attached hydrogens (tertiary/aromatic N) is 4. The first kappa shape index (κ1) is 8.93. The van der Waals surface area contributed by atoms with Crippen molar-refractivity contribution in [3.05, 3.63) is 17.5 Å². The summed E-state index contributed by atoms with van der Waals surface area (Å²) in [5, 5.41) is 0.350. The second kappa shape index (κ2) is 4.01. The second-order valence-electron chi connectivity index (χ2n) is 2.41. The highest BCUT2D eigenvalue weighted by atomic mass is 35.5. The molecule has 4 nitrogen and oxygen atoms in total. The molecule has 1 heterocycles. The van der Waals surface area contributed by atoms with Gasteiger partial charge in [-0.2, -0.15) is 0 Å². The van der Waals surface area contributed by atoms with Crippen molar-refractivity contribution in [2.24, 2.45) is 4.99 Å². The maximum atomic E-state index is 5.60. The number of hydrogen-bond donors (Lipinski definition) is 0. The van der Waals surface area contributed by atoms with Crippen LogP contribution in [0.4, 0.5) is 5.82 Å². The highest BCUT2D eigenvalue weighted by Gasteiger charge is 1.91. The second-order valence-corrected chi connectivity index (χ2v) is 2.80. The average Bonchev–Trinajstić information content (AvgIpc) is 2.01. The molecular formula is C7H9ClN4. The van der Waals surface area contributed by atoms with Gasteiger partial charge in [-0.3, -0.25) is 4.98 Å². The van der Waals surface area contributed by atoms with E-state index in [0.717, 1.165) is 0 Å². The molecule has 5 heteroatoms. The molecule has 64 valence electrons. The topological polar surface area (TPSA) is 41.4 Å². The van der Waals surface area contributed by atoms with E-state index in [1.807, 2.05) is 19.0 Å². The number of aliphatic imine (C=N–C) groups is 1. The molecule has 0 spiro atoms. The van der Waals surface area contributed by atoms with Gasteiger partial charge in [0, 0.05) is 14.1 Å². The Hall–Kier alpha value is -1.16. The van der Waals surface area contributed by atoms with Crippen molar-refractivity contribution in [2.45, 2.75) is 0 Å². The van der Waals surface area contributed by atoms with E-state index in [-0.39, 0.29) is 0 Å². The number of rotatable bonds is 2. The average molecular weight is 185 g/mol. The summed E-state index contributed by atoms with van der Waals surface area (Å²) in [5.74, 6) is 0.510. The molecule has 0 amide bonds. The molecule has 1 aromatic rings.